The van der Waals surface area contributed by atoms with Crippen LogP contribution in [0.15, 0.2) is 48.5 Å². The lowest BCUT2D eigenvalue weighted by Gasteiger charge is -2.16. The first-order valence-electron chi connectivity index (χ1n) is 7.24. The summed E-state index contributed by atoms with van der Waals surface area (Å²) in [5, 5.41) is 0. The normalized spacial score (nSPS) is 12.0. The van der Waals surface area contributed by atoms with Gasteiger partial charge in [-0.2, -0.15) is 0 Å². The molecule has 0 aromatic heterocycles. The molecule has 0 amide bonds. The molecular weight excluding hydrogens is 260 g/mol. The van der Waals surface area contributed by atoms with Crippen LogP contribution in [0.25, 0.3) is 0 Å². The number of rotatable bonds is 6. The molecule has 2 rings (SSSR count). The molecule has 0 aliphatic rings. The molecule has 0 fully saturated rings. The largest absolute Gasteiger partial charge is 0.496 e. The van der Waals surface area contributed by atoms with E-state index in [1.807, 2.05) is 32.3 Å². The average Bonchev–Trinajstić information content (AvgIpc) is 2.48. The van der Waals surface area contributed by atoms with E-state index in [-0.39, 0.29) is 6.04 Å². The maximum atomic E-state index is 6.29. The monoisotopic (exact) mass is 284 g/mol. The maximum Gasteiger partial charge on any atom is 0.122 e. The number of para-hydroxylation sites is 1. The number of hydrogen-bond acceptors (Lipinski definition) is 3. The highest BCUT2D eigenvalue weighted by atomic mass is 16.5. The summed E-state index contributed by atoms with van der Waals surface area (Å²) in [6.07, 6.45) is 1.69. The van der Waals surface area contributed by atoms with E-state index >= 15 is 0 Å². The van der Waals surface area contributed by atoms with E-state index in [0.717, 1.165) is 24.2 Å². The van der Waals surface area contributed by atoms with Gasteiger partial charge in [-0.05, 0) is 42.2 Å². The summed E-state index contributed by atoms with van der Waals surface area (Å²) in [5.41, 5.74) is 9.93. The molecule has 0 aliphatic carbocycles. The zero-order valence-corrected chi connectivity index (χ0v) is 13.0. The Morgan fingerprint density at radius 2 is 1.67 bits per heavy atom. The fourth-order valence-corrected chi connectivity index (χ4v) is 2.46. The highest BCUT2D eigenvalue weighted by Gasteiger charge is 2.09. The summed E-state index contributed by atoms with van der Waals surface area (Å²) in [4.78, 5) is 2.10. The molecule has 3 nitrogen and oxygen atoms in total. The Morgan fingerprint density at radius 1 is 1.00 bits per heavy atom. The predicted molar refractivity (Wildman–Crippen MR) is 89.1 cm³/mol. The number of ether oxygens (including phenoxy) is 1. The molecular formula is C18H24N2O. The Kier molecular flexibility index (Phi) is 5.23. The predicted octanol–water partition coefficient (Wildman–Crippen LogP) is 2.87. The van der Waals surface area contributed by atoms with Gasteiger partial charge in [0.15, 0.2) is 0 Å². The molecule has 2 N–H and O–H groups in total. The van der Waals surface area contributed by atoms with Crippen molar-refractivity contribution in [2.75, 3.05) is 26.1 Å². The molecule has 2 aromatic rings. The van der Waals surface area contributed by atoms with Crippen LogP contribution in [0.2, 0.25) is 0 Å². The van der Waals surface area contributed by atoms with Gasteiger partial charge in [-0.3, -0.25) is 0 Å². The van der Waals surface area contributed by atoms with Crippen LogP contribution in [-0.4, -0.2) is 27.2 Å². The van der Waals surface area contributed by atoms with Crippen molar-refractivity contribution in [1.29, 1.82) is 0 Å². The van der Waals surface area contributed by atoms with Gasteiger partial charge in [0, 0.05) is 25.8 Å². The van der Waals surface area contributed by atoms with Crippen molar-refractivity contribution in [2.24, 2.45) is 5.73 Å². The van der Waals surface area contributed by atoms with E-state index < -0.39 is 0 Å². The Labute approximate surface area is 127 Å². The van der Waals surface area contributed by atoms with Crippen molar-refractivity contribution >= 4 is 5.69 Å². The third-order valence-corrected chi connectivity index (χ3v) is 3.63. The third kappa shape index (κ3) is 4.23. The smallest absolute Gasteiger partial charge is 0.122 e. The van der Waals surface area contributed by atoms with Crippen LogP contribution in [0.3, 0.4) is 0 Å². The lowest BCUT2D eigenvalue weighted by molar-refractivity contribution is 0.408. The molecule has 1 unspecified atom stereocenters. The van der Waals surface area contributed by atoms with Gasteiger partial charge >= 0.3 is 0 Å². The van der Waals surface area contributed by atoms with Gasteiger partial charge in [-0.15, -0.1) is 0 Å². The van der Waals surface area contributed by atoms with Gasteiger partial charge < -0.3 is 15.4 Å². The van der Waals surface area contributed by atoms with Crippen LogP contribution in [0, 0.1) is 0 Å². The average molecular weight is 284 g/mol. The second-order valence-corrected chi connectivity index (χ2v) is 5.54. The maximum absolute atomic E-state index is 6.29. The summed E-state index contributed by atoms with van der Waals surface area (Å²) < 4.78 is 5.38. The Morgan fingerprint density at radius 3 is 2.29 bits per heavy atom. The van der Waals surface area contributed by atoms with Crippen LogP contribution < -0.4 is 15.4 Å². The van der Waals surface area contributed by atoms with Crippen molar-refractivity contribution in [2.45, 2.75) is 18.9 Å². The molecule has 21 heavy (non-hydrogen) atoms. The zero-order chi connectivity index (χ0) is 15.2. The minimum Gasteiger partial charge on any atom is -0.496 e. The fourth-order valence-electron chi connectivity index (χ4n) is 2.46. The molecule has 0 spiro atoms. The molecule has 112 valence electrons. The van der Waals surface area contributed by atoms with Crippen LogP contribution in [0.5, 0.6) is 5.75 Å². The van der Waals surface area contributed by atoms with Gasteiger partial charge in [-0.25, -0.2) is 0 Å². The van der Waals surface area contributed by atoms with Crippen LogP contribution in [0.1, 0.15) is 11.1 Å². The topological polar surface area (TPSA) is 38.5 Å². The number of nitrogens with two attached hydrogens (primary N) is 1. The first-order valence-corrected chi connectivity index (χ1v) is 7.24. The van der Waals surface area contributed by atoms with Gasteiger partial charge in [0.1, 0.15) is 5.75 Å². The molecule has 2 aromatic carbocycles. The van der Waals surface area contributed by atoms with E-state index in [9.17, 15) is 0 Å². The standard InChI is InChI=1S/C18H24N2O/c1-20(2)17-10-8-14(9-11-17)12-16(19)13-15-6-4-5-7-18(15)21-3/h4-11,16H,12-13,19H2,1-3H3. The SMILES string of the molecule is COc1ccccc1CC(N)Cc1ccc(N(C)C)cc1. The highest BCUT2D eigenvalue weighted by Crippen LogP contribution is 2.20. The number of methoxy groups -OCH3 is 1. The number of nitrogens with zero attached hydrogens (tertiary/aromatic N) is 1. The summed E-state index contributed by atoms with van der Waals surface area (Å²) in [7, 11) is 5.79. The summed E-state index contributed by atoms with van der Waals surface area (Å²) in [6, 6.07) is 16.7. The Bertz CT molecular complexity index is 564. The first kappa shape index (κ1) is 15.4. The lowest BCUT2D eigenvalue weighted by Crippen LogP contribution is -2.25. The van der Waals surface area contributed by atoms with E-state index in [2.05, 4.69) is 35.2 Å². The first-order chi connectivity index (χ1) is 10.1. The molecule has 0 saturated heterocycles. The number of benzene rings is 2. The van der Waals surface area contributed by atoms with E-state index in [4.69, 9.17) is 10.5 Å². The van der Waals surface area contributed by atoms with Crippen molar-refractivity contribution in [3.63, 3.8) is 0 Å². The minimum atomic E-state index is 0.0894. The quantitative estimate of drug-likeness (QED) is 0.886. The van der Waals surface area contributed by atoms with Crippen molar-refractivity contribution in [3.8, 4) is 5.75 Å². The van der Waals surface area contributed by atoms with Crippen molar-refractivity contribution in [3.05, 3.63) is 59.7 Å². The van der Waals surface area contributed by atoms with Gasteiger partial charge in [0.2, 0.25) is 0 Å². The molecule has 0 radical (unpaired) electrons. The Balaban J connectivity index is 1.99. The molecule has 1 atom stereocenters. The van der Waals surface area contributed by atoms with Crippen LogP contribution in [-0.2, 0) is 12.8 Å². The van der Waals surface area contributed by atoms with Gasteiger partial charge in [0.05, 0.1) is 7.11 Å². The molecule has 0 aliphatic heterocycles. The Hall–Kier alpha value is -2.00. The lowest BCUT2D eigenvalue weighted by atomic mass is 9.99. The van der Waals surface area contributed by atoms with Gasteiger partial charge in [-0.1, -0.05) is 30.3 Å². The summed E-state index contributed by atoms with van der Waals surface area (Å²) in [5.74, 6) is 0.913. The van der Waals surface area contributed by atoms with Crippen LogP contribution in [0.4, 0.5) is 5.69 Å². The van der Waals surface area contributed by atoms with Crippen LogP contribution >= 0.6 is 0 Å². The number of anilines is 1. The third-order valence-electron chi connectivity index (χ3n) is 3.63. The molecule has 3 heteroatoms. The molecule has 0 heterocycles. The second-order valence-electron chi connectivity index (χ2n) is 5.54. The van der Waals surface area contributed by atoms with E-state index in [1.54, 1.807) is 7.11 Å². The van der Waals surface area contributed by atoms with E-state index in [1.165, 1.54) is 11.3 Å². The second kappa shape index (κ2) is 7.14. The number of hydrogen-bond donors (Lipinski definition) is 1. The summed E-state index contributed by atoms with van der Waals surface area (Å²) in [6.45, 7) is 0. The van der Waals surface area contributed by atoms with Gasteiger partial charge in [0.25, 0.3) is 0 Å². The fraction of sp³-hybridized carbons (Fsp3) is 0.333. The summed E-state index contributed by atoms with van der Waals surface area (Å²) >= 11 is 0. The van der Waals surface area contributed by atoms with Crippen molar-refractivity contribution < 1.29 is 4.74 Å². The van der Waals surface area contributed by atoms with E-state index in [0.29, 0.717) is 0 Å². The molecule has 0 saturated carbocycles. The van der Waals surface area contributed by atoms with Crippen molar-refractivity contribution in [1.82, 2.24) is 0 Å². The molecule has 0 bridgehead atoms. The zero-order valence-electron chi connectivity index (χ0n) is 13.0. The minimum absolute atomic E-state index is 0.0894. The highest BCUT2D eigenvalue weighted by molar-refractivity contribution is 5.46.